The zero-order valence-corrected chi connectivity index (χ0v) is 19.2. The van der Waals surface area contributed by atoms with Crippen LogP contribution in [0.15, 0.2) is 48.5 Å². The summed E-state index contributed by atoms with van der Waals surface area (Å²) in [5, 5.41) is 4.28. The molecule has 1 N–H and O–H groups in total. The lowest BCUT2D eigenvalue weighted by molar-refractivity contribution is -0.143. The zero-order chi connectivity index (χ0) is 22.2. The van der Waals surface area contributed by atoms with Crippen LogP contribution in [0.4, 0.5) is 0 Å². The summed E-state index contributed by atoms with van der Waals surface area (Å²) in [6.45, 7) is 2.03. The van der Waals surface area contributed by atoms with Crippen molar-refractivity contribution in [2.45, 2.75) is 57.7 Å². The predicted octanol–water partition coefficient (Wildman–Crippen LogP) is 5.24. The second-order valence-electron chi connectivity index (χ2n) is 7.81. The number of carbonyl (C=O) groups excluding carboxylic acids is 2. The van der Waals surface area contributed by atoms with Gasteiger partial charge in [0.15, 0.2) is 6.61 Å². The third-order valence-corrected chi connectivity index (χ3v) is 6.00. The first-order valence-electron chi connectivity index (χ1n) is 10.7. The fourth-order valence-electron chi connectivity index (χ4n) is 3.86. The molecule has 0 radical (unpaired) electrons. The normalized spacial score (nSPS) is 14.8. The van der Waals surface area contributed by atoms with Gasteiger partial charge in [-0.1, -0.05) is 61.2 Å². The first kappa shape index (κ1) is 23.4. The van der Waals surface area contributed by atoms with Gasteiger partial charge in [-0.15, -0.1) is 0 Å². The van der Waals surface area contributed by atoms with Crippen molar-refractivity contribution in [3.05, 3.63) is 64.1 Å². The summed E-state index contributed by atoms with van der Waals surface area (Å²) in [6, 6.07) is 13.8. The molecule has 166 valence electrons. The third-order valence-electron chi connectivity index (χ3n) is 5.51. The molecule has 0 saturated heterocycles. The van der Waals surface area contributed by atoms with Crippen molar-refractivity contribution in [1.29, 1.82) is 0 Å². The Labute approximate surface area is 193 Å². The minimum absolute atomic E-state index is 0.112. The van der Waals surface area contributed by atoms with Crippen LogP contribution in [0.3, 0.4) is 0 Å². The minimum Gasteiger partial charge on any atom is -0.484 e. The molecular formula is C24H28Cl2N2O3. The van der Waals surface area contributed by atoms with Gasteiger partial charge in [-0.2, -0.15) is 0 Å². The van der Waals surface area contributed by atoms with E-state index in [0.717, 1.165) is 31.2 Å². The van der Waals surface area contributed by atoms with Gasteiger partial charge in [0, 0.05) is 22.6 Å². The second-order valence-corrected chi connectivity index (χ2v) is 8.68. The van der Waals surface area contributed by atoms with Crippen molar-refractivity contribution in [3.8, 4) is 5.75 Å². The summed E-state index contributed by atoms with van der Waals surface area (Å²) in [7, 11) is 0. The predicted molar refractivity (Wildman–Crippen MR) is 123 cm³/mol. The van der Waals surface area contributed by atoms with Crippen molar-refractivity contribution >= 4 is 35.0 Å². The van der Waals surface area contributed by atoms with Crippen LogP contribution < -0.4 is 10.1 Å². The molecule has 5 nitrogen and oxygen atoms in total. The summed E-state index contributed by atoms with van der Waals surface area (Å²) in [5.74, 6) is 0.138. The van der Waals surface area contributed by atoms with E-state index in [2.05, 4.69) is 5.32 Å². The van der Waals surface area contributed by atoms with E-state index in [1.54, 1.807) is 41.3 Å². The summed E-state index contributed by atoms with van der Waals surface area (Å²) in [6.07, 6.45) is 4.75. The lowest BCUT2D eigenvalue weighted by atomic mass is 10.1. The van der Waals surface area contributed by atoms with Gasteiger partial charge in [0.2, 0.25) is 5.91 Å². The van der Waals surface area contributed by atoms with Crippen LogP contribution in [0.2, 0.25) is 10.0 Å². The van der Waals surface area contributed by atoms with Crippen molar-refractivity contribution in [3.63, 3.8) is 0 Å². The van der Waals surface area contributed by atoms with Crippen LogP contribution in [0.1, 0.15) is 44.6 Å². The molecular weight excluding hydrogens is 435 g/mol. The molecule has 0 bridgehead atoms. The first-order valence-corrected chi connectivity index (χ1v) is 11.4. The Morgan fingerprint density at radius 1 is 1.10 bits per heavy atom. The second kappa shape index (κ2) is 11.4. The van der Waals surface area contributed by atoms with E-state index < -0.39 is 6.04 Å². The molecule has 1 unspecified atom stereocenters. The van der Waals surface area contributed by atoms with E-state index in [9.17, 15) is 9.59 Å². The minimum atomic E-state index is -0.577. The Morgan fingerprint density at radius 2 is 1.81 bits per heavy atom. The van der Waals surface area contributed by atoms with Crippen molar-refractivity contribution in [2.75, 3.05) is 6.61 Å². The Morgan fingerprint density at radius 3 is 2.45 bits per heavy atom. The number of halogens is 2. The molecule has 1 aliphatic rings. The van der Waals surface area contributed by atoms with Crippen molar-refractivity contribution in [2.24, 2.45) is 0 Å². The number of amides is 2. The van der Waals surface area contributed by atoms with Gasteiger partial charge in [0.25, 0.3) is 5.91 Å². The maximum atomic E-state index is 13.2. The van der Waals surface area contributed by atoms with E-state index in [-0.39, 0.29) is 24.5 Å². The number of ether oxygens (including phenoxy) is 1. The van der Waals surface area contributed by atoms with Gasteiger partial charge in [-0.25, -0.2) is 0 Å². The van der Waals surface area contributed by atoms with Gasteiger partial charge in [-0.3, -0.25) is 9.59 Å². The Hall–Kier alpha value is -2.24. The molecule has 2 aromatic rings. The van der Waals surface area contributed by atoms with Gasteiger partial charge in [-0.05, 0) is 55.2 Å². The molecule has 7 heteroatoms. The number of nitrogens with zero attached hydrogens (tertiary/aromatic N) is 1. The highest BCUT2D eigenvalue weighted by Crippen LogP contribution is 2.21. The van der Waals surface area contributed by atoms with E-state index in [4.69, 9.17) is 27.9 Å². The maximum absolute atomic E-state index is 13.2. The van der Waals surface area contributed by atoms with E-state index in [1.807, 2.05) is 19.1 Å². The van der Waals surface area contributed by atoms with Crippen LogP contribution in [0.25, 0.3) is 0 Å². The van der Waals surface area contributed by atoms with Crippen LogP contribution in [-0.2, 0) is 16.1 Å². The number of hydrogen-bond acceptors (Lipinski definition) is 3. The average Bonchev–Trinajstić information content (AvgIpc) is 3.26. The standard InChI is InChI=1S/C24H28Cl2N2O3/c1-2-22(24(30)27-20-7-3-4-8-20)28(15-17-10-12-18(25)13-11-17)23(29)16-31-21-9-5-6-19(26)14-21/h5-6,9-14,20,22H,2-4,7-8,15-16H2,1H3,(H,27,30). The Balaban J connectivity index is 1.75. The molecule has 1 atom stereocenters. The molecule has 0 aromatic heterocycles. The number of carbonyl (C=O) groups is 2. The van der Waals surface area contributed by atoms with Crippen LogP contribution in [0.5, 0.6) is 5.75 Å². The van der Waals surface area contributed by atoms with Gasteiger partial charge >= 0.3 is 0 Å². The lowest BCUT2D eigenvalue weighted by Gasteiger charge is -2.31. The number of benzene rings is 2. The zero-order valence-electron chi connectivity index (χ0n) is 17.7. The van der Waals surface area contributed by atoms with E-state index in [0.29, 0.717) is 28.8 Å². The topological polar surface area (TPSA) is 58.6 Å². The Bertz CT molecular complexity index is 883. The number of rotatable bonds is 9. The van der Waals surface area contributed by atoms with E-state index >= 15 is 0 Å². The van der Waals surface area contributed by atoms with Crippen LogP contribution >= 0.6 is 23.2 Å². The molecule has 1 aliphatic carbocycles. The summed E-state index contributed by atoms with van der Waals surface area (Å²) < 4.78 is 5.67. The summed E-state index contributed by atoms with van der Waals surface area (Å²) >= 11 is 12.0. The number of nitrogens with one attached hydrogen (secondary N) is 1. The maximum Gasteiger partial charge on any atom is 0.261 e. The summed E-state index contributed by atoms with van der Waals surface area (Å²) in [5.41, 5.74) is 0.896. The van der Waals surface area contributed by atoms with Crippen molar-refractivity contribution in [1.82, 2.24) is 10.2 Å². The molecule has 3 rings (SSSR count). The fraction of sp³-hybridized carbons (Fsp3) is 0.417. The number of hydrogen-bond donors (Lipinski definition) is 1. The molecule has 0 heterocycles. The molecule has 1 fully saturated rings. The highest BCUT2D eigenvalue weighted by atomic mass is 35.5. The largest absolute Gasteiger partial charge is 0.484 e. The fourth-order valence-corrected chi connectivity index (χ4v) is 4.16. The molecule has 1 saturated carbocycles. The van der Waals surface area contributed by atoms with Gasteiger partial charge in [0.1, 0.15) is 11.8 Å². The highest BCUT2D eigenvalue weighted by Gasteiger charge is 2.30. The molecule has 2 amide bonds. The quantitative estimate of drug-likeness (QED) is 0.554. The van der Waals surface area contributed by atoms with Crippen LogP contribution in [0, 0.1) is 0 Å². The monoisotopic (exact) mass is 462 g/mol. The first-order chi connectivity index (χ1) is 15.0. The highest BCUT2D eigenvalue weighted by molar-refractivity contribution is 6.30. The molecule has 2 aromatic carbocycles. The average molecular weight is 463 g/mol. The third kappa shape index (κ3) is 6.88. The van der Waals surface area contributed by atoms with E-state index in [1.165, 1.54) is 0 Å². The molecule has 31 heavy (non-hydrogen) atoms. The smallest absolute Gasteiger partial charge is 0.261 e. The Kier molecular flexibility index (Phi) is 8.61. The lowest BCUT2D eigenvalue weighted by Crippen LogP contribution is -2.52. The molecule has 0 aliphatic heterocycles. The van der Waals surface area contributed by atoms with Gasteiger partial charge < -0.3 is 15.0 Å². The van der Waals surface area contributed by atoms with Crippen LogP contribution in [-0.4, -0.2) is 35.4 Å². The SMILES string of the molecule is CCC(C(=O)NC1CCCC1)N(Cc1ccc(Cl)cc1)C(=O)COc1cccc(Cl)c1. The summed E-state index contributed by atoms with van der Waals surface area (Å²) in [4.78, 5) is 27.8. The van der Waals surface area contributed by atoms with Crippen molar-refractivity contribution < 1.29 is 14.3 Å². The van der Waals surface area contributed by atoms with Gasteiger partial charge in [0.05, 0.1) is 0 Å². The molecule has 0 spiro atoms.